The highest BCUT2D eigenvalue weighted by atomic mass is 32.2. The minimum Gasteiger partial charge on any atom is -0.303 e. The Hall–Kier alpha value is 0.370. The van der Waals surface area contributed by atoms with Crippen LogP contribution in [0, 0.1) is 23.2 Å². The molecular formula is C16H28OS2. The summed E-state index contributed by atoms with van der Waals surface area (Å²) < 4.78 is 0.398. The van der Waals surface area contributed by atoms with E-state index in [2.05, 4.69) is 51.2 Å². The summed E-state index contributed by atoms with van der Waals surface area (Å²) in [5.41, 5.74) is 0.441. The number of hydrogen-bond acceptors (Lipinski definition) is 3. The van der Waals surface area contributed by atoms with Gasteiger partial charge in [0, 0.05) is 5.92 Å². The zero-order chi connectivity index (χ0) is 14.1. The van der Waals surface area contributed by atoms with E-state index in [1.54, 1.807) is 0 Å². The van der Waals surface area contributed by atoms with Gasteiger partial charge < -0.3 is 4.79 Å². The summed E-state index contributed by atoms with van der Waals surface area (Å²) in [6.45, 7) is 9.57. The maximum absolute atomic E-state index is 10.9. The van der Waals surface area contributed by atoms with Crippen molar-refractivity contribution in [3.63, 3.8) is 0 Å². The summed E-state index contributed by atoms with van der Waals surface area (Å²) >= 11 is 4.38. The number of carbonyl (C=O) groups excluding carboxylic acids is 1. The van der Waals surface area contributed by atoms with Crippen molar-refractivity contribution in [2.45, 2.75) is 57.5 Å². The summed E-state index contributed by atoms with van der Waals surface area (Å²) in [7, 11) is 0. The third-order valence-corrected chi connectivity index (χ3v) is 8.73. The van der Waals surface area contributed by atoms with Gasteiger partial charge in [-0.05, 0) is 61.4 Å². The molecule has 1 aliphatic heterocycles. The largest absolute Gasteiger partial charge is 0.303 e. The van der Waals surface area contributed by atoms with Crippen molar-refractivity contribution in [3.8, 4) is 0 Å². The molecule has 19 heavy (non-hydrogen) atoms. The Morgan fingerprint density at radius 3 is 2.00 bits per heavy atom. The van der Waals surface area contributed by atoms with Gasteiger partial charge in [-0.3, -0.25) is 0 Å². The normalized spacial score (nSPS) is 40.9. The lowest BCUT2D eigenvalue weighted by Gasteiger charge is -2.46. The molecule has 0 aromatic heterocycles. The molecule has 2 aliphatic rings. The summed E-state index contributed by atoms with van der Waals surface area (Å²) in [6, 6.07) is 0. The van der Waals surface area contributed by atoms with Crippen molar-refractivity contribution < 1.29 is 4.79 Å². The van der Waals surface area contributed by atoms with Gasteiger partial charge in [0.05, 0.1) is 4.08 Å². The van der Waals surface area contributed by atoms with E-state index >= 15 is 0 Å². The Bertz CT molecular complexity index is 305. The van der Waals surface area contributed by atoms with E-state index in [1.165, 1.54) is 30.6 Å². The first-order valence-electron chi connectivity index (χ1n) is 7.58. The van der Waals surface area contributed by atoms with Gasteiger partial charge >= 0.3 is 0 Å². The Morgan fingerprint density at radius 1 is 1.05 bits per heavy atom. The van der Waals surface area contributed by atoms with Crippen molar-refractivity contribution in [1.82, 2.24) is 0 Å². The molecule has 0 atom stereocenters. The lowest BCUT2D eigenvalue weighted by Crippen LogP contribution is -2.39. The molecule has 0 aromatic carbocycles. The van der Waals surface area contributed by atoms with E-state index in [9.17, 15) is 4.79 Å². The van der Waals surface area contributed by atoms with Crippen molar-refractivity contribution >= 4 is 29.8 Å². The first-order chi connectivity index (χ1) is 8.85. The van der Waals surface area contributed by atoms with Gasteiger partial charge in [-0.25, -0.2) is 0 Å². The fourth-order valence-electron chi connectivity index (χ4n) is 3.14. The van der Waals surface area contributed by atoms with Crippen LogP contribution in [0.1, 0.15) is 53.4 Å². The monoisotopic (exact) mass is 300 g/mol. The third-order valence-electron chi connectivity index (χ3n) is 5.07. The lowest BCUT2D eigenvalue weighted by atomic mass is 9.81. The van der Waals surface area contributed by atoms with Crippen LogP contribution in [0.2, 0.25) is 0 Å². The Kier molecular flexibility index (Phi) is 4.98. The fourth-order valence-corrected chi connectivity index (χ4v) is 7.27. The van der Waals surface area contributed by atoms with Gasteiger partial charge in [-0.1, -0.05) is 20.8 Å². The summed E-state index contributed by atoms with van der Waals surface area (Å²) in [6.07, 6.45) is 5.91. The fraction of sp³-hybridized carbons (Fsp3) is 0.938. The molecule has 0 aromatic rings. The zero-order valence-corrected chi connectivity index (χ0v) is 14.4. The quantitative estimate of drug-likeness (QED) is 0.679. The number of thioether (sulfide) groups is 2. The van der Waals surface area contributed by atoms with Crippen molar-refractivity contribution in [3.05, 3.63) is 0 Å². The maximum Gasteiger partial charge on any atom is 0.123 e. The zero-order valence-electron chi connectivity index (χ0n) is 12.8. The van der Waals surface area contributed by atoms with Gasteiger partial charge in [0.2, 0.25) is 0 Å². The first-order valence-corrected chi connectivity index (χ1v) is 9.55. The molecule has 0 radical (unpaired) electrons. The molecule has 0 bridgehead atoms. The topological polar surface area (TPSA) is 17.1 Å². The molecule has 2 rings (SSSR count). The van der Waals surface area contributed by atoms with Crippen LogP contribution in [0.5, 0.6) is 0 Å². The summed E-state index contributed by atoms with van der Waals surface area (Å²) in [4.78, 5) is 10.9. The predicted octanol–water partition coefficient (Wildman–Crippen LogP) is 4.85. The van der Waals surface area contributed by atoms with E-state index in [0.29, 0.717) is 15.4 Å². The lowest BCUT2D eigenvalue weighted by molar-refractivity contribution is -0.112. The highest BCUT2D eigenvalue weighted by molar-refractivity contribution is 8.18. The van der Waals surface area contributed by atoms with Crippen LogP contribution >= 0.6 is 23.5 Å². The molecule has 1 nitrogen and oxygen atoms in total. The van der Waals surface area contributed by atoms with Crippen LogP contribution in [-0.2, 0) is 4.79 Å². The average Bonchev–Trinajstić information content (AvgIpc) is 2.38. The first kappa shape index (κ1) is 15.8. The minimum atomic E-state index is 0.348. The van der Waals surface area contributed by atoms with E-state index in [1.807, 2.05) is 0 Å². The number of carbonyl (C=O) groups is 1. The summed E-state index contributed by atoms with van der Waals surface area (Å²) in [5, 5.41) is 0. The van der Waals surface area contributed by atoms with E-state index < -0.39 is 0 Å². The third kappa shape index (κ3) is 3.72. The van der Waals surface area contributed by atoms with Gasteiger partial charge in [0.25, 0.3) is 0 Å². The van der Waals surface area contributed by atoms with Crippen LogP contribution in [0.4, 0.5) is 0 Å². The second-order valence-corrected chi connectivity index (χ2v) is 10.6. The number of rotatable bonds is 2. The number of hydrogen-bond donors (Lipinski definition) is 0. The Labute approximate surface area is 127 Å². The van der Waals surface area contributed by atoms with Gasteiger partial charge in [0.1, 0.15) is 6.29 Å². The predicted molar refractivity (Wildman–Crippen MR) is 87.8 cm³/mol. The molecule has 1 aliphatic carbocycles. The van der Waals surface area contributed by atoms with Gasteiger partial charge in [-0.2, -0.15) is 0 Å². The average molecular weight is 301 g/mol. The SMILES string of the molecule is CC(C)(C)C1CSC(C)(C2CCC(C=O)CC2)SC1. The van der Waals surface area contributed by atoms with E-state index in [0.717, 1.165) is 24.7 Å². The smallest absolute Gasteiger partial charge is 0.123 e. The molecule has 3 heteroatoms. The molecule has 0 unspecified atom stereocenters. The van der Waals surface area contributed by atoms with Crippen LogP contribution in [0.15, 0.2) is 0 Å². The maximum atomic E-state index is 10.9. The molecule has 1 heterocycles. The Morgan fingerprint density at radius 2 is 1.58 bits per heavy atom. The molecule has 0 spiro atoms. The standard InChI is InChI=1S/C16H28OS2/c1-15(2,3)14-10-18-16(4,19-11-14)13-7-5-12(9-17)6-8-13/h9,12-14H,5-8,10-11H2,1-4H3. The molecule has 2 fully saturated rings. The van der Waals surface area contributed by atoms with Crippen LogP contribution in [0.25, 0.3) is 0 Å². The molecule has 110 valence electrons. The van der Waals surface area contributed by atoms with Gasteiger partial charge in [0.15, 0.2) is 0 Å². The molecule has 1 saturated carbocycles. The van der Waals surface area contributed by atoms with E-state index in [4.69, 9.17) is 0 Å². The minimum absolute atomic E-state index is 0.348. The van der Waals surface area contributed by atoms with Crippen molar-refractivity contribution in [2.24, 2.45) is 23.2 Å². The van der Waals surface area contributed by atoms with Crippen LogP contribution in [0.3, 0.4) is 0 Å². The molecule has 0 N–H and O–H groups in total. The molecule has 0 amide bonds. The van der Waals surface area contributed by atoms with Crippen LogP contribution < -0.4 is 0 Å². The van der Waals surface area contributed by atoms with Crippen molar-refractivity contribution in [2.75, 3.05) is 11.5 Å². The molecule has 1 saturated heterocycles. The summed E-state index contributed by atoms with van der Waals surface area (Å²) in [5.74, 6) is 4.60. The number of aldehydes is 1. The van der Waals surface area contributed by atoms with Crippen LogP contribution in [-0.4, -0.2) is 21.9 Å². The van der Waals surface area contributed by atoms with E-state index in [-0.39, 0.29) is 0 Å². The molecular weight excluding hydrogens is 272 g/mol. The van der Waals surface area contributed by atoms with Gasteiger partial charge in [-0.15, -0.1) is 23.5 Å². The highest BCUT2D eigenvalue weighted by Crippen LogP contribution is 2.55. The highest BCUT2D eigenvalue weighted by Gasteiger charge is 2.42. The van der Waals surface area contributed by atoms with Crippen molar-refractivity contribution in [1.29, 1.82) is 0 Å². The second-order valence-electron chi connectivity index (χ2n) is 7.45. The second kappa shape index (κ2) is 6.01. The Balaban J connectivity index is 1.90.